The molecule has 0 spiro atoms. The van der Waals surface area contributed by atoms with Crippen LogP contribution in [-0.4, -0.2) is 20.3 Å². The number of esters is 1. The molecule has 3 nitrogen and oxygen atoms in total. The van der Waals surface area contributed by atoms with Gasteiger partial charge in [0.25, 0.3) is 0 Å². The Morgan fingerprint density at radius 3 is 2.29 bits per heavy atom. The number of hydrogen-bond donors (Lipinski definition) is 0. The van der Waals surface area contributed by atoms with Crippen LogP contribution in [0.4, 0.5) is 0 Å². The Morgan fingerprint density at radius 2 is 1.83 bits per heavy atom. The van der Waals surface area contributed by atoms with Crippen molar-refractivity contribution >= 4 is 59.5 Å². The molecular weight excluding hydrogens is 504 g/mol. The van der Waals surface area contributed by atoms with Crippen LogP contribution in [0, 0.1) is 21.7 Å². The zero-order valence-corrected chi connectivity index (χ0v) is 19.2. The second kappa shape index (κ2) is 5.66. The van der Waals surface area contributed by atoms with Crippen LogP contribution in [-0.2, 0) is 14.3 Å². The first-order valence-corrected chi connectivity index (χ1v) is 11.0. The van der Waals surface area contributed by atoms with Crippen molar-refractivity contribution in [2.45, 2.75) is 61.9 Å². The molecule has 0 N–H and O–H groups in total. The summed E-state index contributed by atoms with van der Waals surface area (Å²) in [5.41, 5.74) is -0.920. The summed E-state index contributed by atoms with van der Waals surface area (Å²) in [5, 5.41) is 0. The van der Waals surface area contributed by atoms with E-state index >= 15 is 0 Å². The Morgan fingerprint density at radius 1 is 1.21 bits per heavy atom. The van der Waals surface area contributed by atoms with E-state index in [-0.39, 0.29) is 36.6 Å². The van der Waals surface area contributed by atoms with Crippen LogP contribution in [0.1, 0.15) is 53.4 Å². The Kier molecular flexibility index (Phi) is 4.50. The van der Waals surface area contributed by atoms with Gasteiger partial charge in [0, 0.05) is 29.2 Å². The van der Waals surface area contributed by atoms with Crippen molar-refractivity contribution in [3.8, 4) is 0 Å². The van der Waals surface area contributed by atoms with Gasteiger partial charge < -0.3 is 4.74 Å². The van der Waals surface area contributed by atoms with Gasteiger partial charge in [-0.15, -0.1) is 0 Å². The van der Waals surface area contributed by atoms with Crippen LogP contribution >= 0.6 is 47.8 Å². The standard InChI is InChI=1S/C18H23Br3O3/c1-15(2)8-10(22)7-11(9-15)24-14(23)18-6-5-17(12(18)19,13(20)21)16(18,3)4/h7,12-13H,5-6,8-9H2,1-4H3. The molecule has 4 aliphatic rings. The number of ketones is 1. The minimum Gasteiger partial charge on any atom is -0.430 e. The molecule has 0 saturated heterocycles. The summed E-state index contributed by atoms with van der Waals surface area (Å²) in [6.07, 6.45) is 4.39. The van der Waals surface area contributed by atoms with Gasteiger partial charge in [-0.05, 0) is 23.7 Å². The highest BCUT2D eigenvalue weighted by Crippen LogP contribution is 2.82. The highest BCUT2D eigenvalue weighted by atomic mass is 79.9. The average Bonchev–Trinajstić information content (AvgIpc) is 2.85. The first-order valence-electron chi connectivity index (χ1n) is 8.29. The Balaban J connectivity index is 1.86. The van der Waals surface area contributed by atoms with E-state index in [4.69, 9.17) is 4.74 Å². The fourth-order valence-electron chi connectivity index (χ4n) is 5.21. The molecule has 2 bridgehead atoms. The van der Waals surface area contributed by atoms with Gasteiger partial charge in [-0.3, -0.25) is 9.59 Å². The van der Waals surface area contributed by atoms with Crippen molar-refractivity contribution in [3.05, 3.63) is 11.8 Å². The second-order valence-electron chi connectivity index (χ2n) is 8.78. The topological polar surface area (TPSA) is 43.4 Å². The van der Waals surface area contributed by atoms with Crippen LogP contribution in [0.15, 0.2) is 11.8 Å². The zero-order chi connectivity index (χ0) is 18.1. The molecule has 24 heavy (non-hydrogen) atoms. The van der Waals surface area contributed by atoms with E-state index in [0.29, 0.717) is 18.6 Å². The summed E-state index contributed by atoms with van der Waals surface area (Å²) in [6.45, 7) is 8.37. The number of alkyl halides is 3. The molecular formula is C18H23Br3O3. The van der Waals surface area contributed by atoms with Gasteiger partial charge in [-0.1, -0.05) is 75.5 Å². The van der Waals surface area contributed by atoms with Gasteiger partial charge in [-0.2, -0.15) is 0 Å². The van der Waals surface area contributed by atoms with Crippen molar-refractivity contribution in [2.24, 2.45) is 21.7 Å². The highest BCUT2D eigenvalue weighted by molar-refractivity contribution is 9.24. The fourth-order valence-corrected chi connectivity index (χ4v) is 10.1. The summed E-state index contributed by atoms with van der Waals surface area (Å²) in [7, 11) is 0. The van der Waals surface area contributed by atoms with Crippen LogP contribution in [0.5, 0.6) is 0 Å². The molecule has 0 aromatic carbocycles. The first kappa shape index (κ1) is 19.1. The molecule has 0 aliphatic heterocycles. The predicted molar refractivity (Wildman–Crippen MR) is 104 cm³/mol. The summed E-state index contributed by atoms with van der Waals surface area (Å²) in [6, 6.07) is 0. The minimum atomic E-state index is -0.543. The van der Waals surface area contributed by atoms with Crippen molar-refractivity contribution in [1.29, 1.82) is 0 Å². The van der Waals surface area contributed by atoms with E-state index < -0.39 is 5.41 Å². The van der Waals surface area contributed by atoms with Crippen LogP contribution < -0.4 is 0 Å². The lowest BCUT2D eigenvalue weighted by molar-refractivity contribution is -0.182. The molecule has 0 radical (unpaired) electrons. The van der Waals surface area contributed by atoms with Gasteiger partial charge >= 0.3 is 5.97 Å². The smallest absolute Gasteiger partial charge is 0.318 e. The summed E-state index contributed by atoms with van der Waals surface area (Å²) >= 11 is 11.2. The Bertz CT molecular complexity index is 637. The Labute approximate surface area is 168 Å². The minimum absolute atomic E-state index is 0.0257. The van der Waals surface area contributed by atoms with Crippen molar-refractivity contribution in [2.75, 3.05) is 0 Å². The van der Waals surface area contributed by atoms with Crippen LogP contribution in [0.2, 0.25) is 0 Å². The SMILES string of the molecule is CC1(C)CC(=O)C=C(OC(=O)C23CCC(C(Br)Br)(C2Br)C3(C)C)C1. The van der Waals surface area contributed by atoms with E-state index in [1.54, 1.807) is 0 Å². The molecule has 6 heteroatoms. The molecule has 3 unspecified atom stereocenters. The molecule has 0 heterocycles. The molecule has 0 aromatic rings. The maximum absolute atomic E-state index is 13.1. The molecule has 0 amide bonds. The second-order valence-corrected chi connectivity index (χ2v) is 12.8. The maximum Gasteiger partial charge on any atom is 0.318 e. The number of fused-ring (bicyclic) bond motifs is 1. The van der Waals surface area contributed by atoms with E-state index in [1.807, 2.05) is 13.8 Å². The van der Waals surface area contributed by atoms with Crippen molar-refractivity contribution in [1.82, 2.24) is 0 Å². The monoisotopic (exact) mass is 524 g/mol. The average molecular weight is 527 g/mol. The quantitative estimate of drug-likeness (QED) is 0.361. The van der Waals surface area contributed by atoms with Gasteiger partial charge in [0.15, 0.2) is 5.78 Å². The van der Waals surface area contributed by atoms with Gasteiger partial charge in [0.2, 0.25) is 0 Å². The van der Waals surface area contributed by atoms with E-state index in [2.05, 4.69) is 61.6 Å². The largest absolute Gasteiger partial charge is 0.430 e. The first-order chi connectivity index (χ1) is 10.9. The van der Waals surface area contributed by atoms with E-state index in [0.717, 1.165) is 12.8 Å². The van der Waals surface area contributed by atoms with Crippen LogP contribution in [0.3, 0.4) is 0 Å². The number of rotatable bonds is 3. The lowest BCUT2D eigenvalue weighted by Crippen LogP contribution is -2.70. The maximum atomic E-state index is 13.1. The molecule has 3 fully saturated rings. The summed E-state index contributed by atoms with van der Waals surface area (Å²) in [5.74, 6) is 0.362. The summed E-state index contributed by atoms with van der Waals surface area (Å²) in [4.78, 5) is 25.1. The zero-order valence-electron chi connectivity index (χ0n) is 14.4. The van der Waals surface area contributed by atoms with Gasteiger partial charge in [-0.25, -0.2) is 0 Å². The molecule has 3 saturated carbocycles. The number of ether oxygens (including phenoxy) is 1. The molecule has 3 atom stereocenters. The summed E-state index contributed by atoms with van der Waals surface area (Å²) < 4.78 is 5.93. The normalized spacial score (nSPS) is 39.4. The molecule has 0 aromatic heterocycles. The fraction of sp³-hybridized carbons (Fsp3) is 0.778. The molecule has 4 rings (SSSR count). The Hall–Kier alpha value is 0.320. The molecule has 4 aliphatic carbocycles. The van der Waals surface area contributed by atoms with E-state index in [1.165, 1.54) is 6.08 Å². The lowest BCUT2D eigenvalue weighted by atomic mass is 9.43. The third kappa shape index (κ3) is 2.24. The van der Waals surface area contributed by atoms with Gasteiger partial charge in [0.1, 0.15) is 5.76 Å². The third-order valence-corrected chi connectivity index (χ3v) is 9.93. The van der Waals surface area contributed by atoms with Crippen LogP contribution in [0.25, 0.3) is 0 Å². The van der Waals surface area contributed by atoms with Gasteiger partial charge in [0.05, 0.1) is 9.15 Å². The number of hydrogen-bond acceptors (Lipinski definition) is 3. The predicted octanol–water partition coefficient (Wildman–Crippen LogP) is 5.49. The third-order valence-electron chi connectivity index (χ3n) is 6.70. The lowest BCUT2D eigenvalue weighted by Gasteiger charge is -2.65. The molecule has 134 valence electrons. The highest BCUT2D eigenvalue weighted by Gasteiger charge is 2.84. The number of carbonyl (C=O) groups excluding carboxylic acids is 2. The van der Waals surface area contributed by atoms with E-state index in [9.17, 15) is 9.59 Å². The van der Waals surface area contributed by atoms with Crippen molar-refractivity contribution in [3.63, 3.8) is 0 Å². The van der Waals surface area contributed by atoms with Crippen molar-refractivity contribution < 1.29 is 14.3 Å². The number of allylic oxidation sites excluding steroid dienone is 2. The number of carbonyl (C=O) groups is 2. The number of halogens is 3.